The lowest BCUT2D eigenvalue weighted by molar-refractivity contribution is -0.385. The summed E-state index contributed by atoms with van der Waals surface area (Å²) in [6, 6.07) is 2.99. The summed E-state index contributed by atoms with van der Waals surface area (Å²) in [5.41, 5.74) is 0.149. The van der Waals surface area contributed by atoms with E-state index in [4.69, 9.17) is 4.74 Å². The number of aromatic nitrogens is 2. The molecule has 0 amide bonds. The van der Waals surface area contributed by atoms with Gasteiger partial charge in [-0.3, -0.25) is 19.6 Å². The van der Waals surface area contributed by atoms with Crippen LogP contribution in [0.15, 0.2) is 18.3 Å². The number of carbonyl (C=O) groups is 2. The molecule has 1 aromatic heterocycles. The topological polar surface area (TPSA) is 114 Å². The molecular weight excluding hydrogens is 366 g/mol. The molecule has 2 aromatic rings. The number of methoxy groups -OCH3 is 1. The molecule has 0 saturated heterocycles. The lowest BCUT2D eigenvalue weighted by Gasteiger charge is -2.28. The van der Waals surface area contributed by atoms with Gasteiger partial charge in [-0.15, -0.1) is 0 Å². The molecule has 0 radical (unpaired) electrons. The van der Waals surface area contributed by atoms with Gasteiger partial charge in [-0.2, -0.15) is 5.10 Å². The summed E-state index contributed by atoms with van der Waals surface area (Å²) >= 11 is 0. The number of hydrogen-bond acceptors (Lipinski definition) is 7. The molecule has 150 valence electrons. The number of nitrogens with zero attached hydrogens (tertiary/aromatic N) is 3. The van der Waals surface area contributed by atoms with Crippen LogP contribution in [0.25, 0.3) is 10.9 Å². The zero-order valence-corrected chi connectivity index (χ0v) is 15.9. The molecule has 9 heteroatoms. The first kappa shape index (κ1) is 19.8. The molecule has 0 atom stereocenters. The Morgan fingerprint density at radius 3 is 2.61 bits per heavy atom. The summed E-state index contributed by atoms with van der Waals surface area (Å²) in [5.74, 6) is -0.485. The van der Waals surface area contributed by atoms with Crippen LogP contribution in [0.4, 0.5) is 5.69 Å². The SMILES string of the molecule is COC(=O)c1cc2nn(C3CCC(CCOC(C)=O)CC3)cc2cc1[N+](=O)[O-]. The molecule has 1 aromatic carbocycles. The Kier molecular flexibility index (Phi) is 5.91. The van der Waals surface area contributed by atoms with Crippen LogP contribution in [0.3, 0.4) is 0 Å². The van der Waals surface area contributed by atoms with E-state index in [2.05, 4.69) is 9.84 Å². The number of benzene rings is 1. The number of fused-ring (bicyclic) bond motifs is 1. The van der Waals surface area contributed by atoms with Crippen LogP contribution in [0.5, 0.6) is 0 Å². The predicted octanol–water partition coefficient (Wildman–Crippen LogP) is 3.42. The van der Waals surface area contributed by atoms with E-state index in [1.807, 2.05) is 4.68 Å². The molecule has 1 fully saturated rings. The third-order valence-corrected chi connectivity index (χ3v) is 5.26. The van der Waals surface area contributed by atoms with Crippen LogP contribution >= 0.6 is 0 Å². The molecule has 1 heterocycles. The highest BCUT2D eigenvalue weighted by atomic mass is 16.6. The lowest BCUT2D eigenvalue weighted by Crippen LogP contribution is -2.19. The van der Waals surface area contributed by atoms with Crippen LogP contribution in [0.1, 0.15) is 55.4 Å². The van der Waals surface area contributed by atoms with E-state index in [0.29, 0.717) is 23.4 Å². The molecule has 1 saturated carbocycles. The van der Waals surface area contributed by atoms with Crippen LogP contribution in [0, 0.1) is 16.0 Å². The van der Waals surface area contributed by atoms with Crippen molar-refractivity contribution in [2.45, 2.75) is 45.1 Å². The van der Waals surface area contributed by atoms with Crippen molar-refractivity contribution in [2.75, 3.05) is 13.7 Å². The van der Waals surface area contributed by atoms with Gasteiger partial charge in [0.05, 0.1) is 30.2 Å². The van der Waals surface area contributed by atoms with Crippen LogP contribution < -0.4 is 0 Å². The number of rotatable bonds is 6. The Hall–Kier alpha value is -2.97. The summed E-state index contributed by atoms with van der Waals surface area (Å²) in [7, 11) is 1.19. The molecule has 0 N–H and O–H groups in total. The lowest BCUT2D eigenvalue weighted by atomic mass is 9.84. The zero-order chi connectivity index (χ0) is 20.3. The number of nitro benzene ring substituents is 1. The molecule has 0 aliphatic heterocycles. The largest absolute Gasteiger partial charge is 0.466 e. The molecule has 0 spiro atoms. The van der Waals surface area contributed by atoms with Gasteiger partial charge >= 0.3 is 11.9 Å². The molecule has 0 bridgehead atoms. The van der Waals surface area contributed by atoms with E-state index in [1.54, 1.807) is 6.20 Å². The molecular formula is C19H23N3O6. The Bertz CT molecular complexity index is 898. The highest BCUT2D eigenvalue weighted by Gasteiger charge is 2.26. The number of hydrogen-bond donors (Lipinski definition) is 0. The first-order valence-corrected chi connectivity index (χ1v) is 9.28. The summed E-state index contributed by atoms with van der Waals surface area (Å²) < 4.78 is 11.5. The average Bonchev–Trinajstić information content (AvgIpc) is 3.09. The Balaban J connectivity index is 1.73. The first-order valence-electron chi connectivity index (χ1n) is 9.28. The van der Waals surface area contributed by atoms with Crippen LogP contribution in [-0.2, 0) is 14.3 Å². The average molecular weight is 389 g/mol. The van der Waals surface area contributed by atoms with Crippen molar-refractivity contribution in [3.8, 4) is 0 Å². The maximum Gasteiger partial charge on any atom is 0.344 e. The fourth-order valence-corrected chi connectivity index (χ4v) is 3.76. The molecule has 1 aliphatic carbocycles. The van der Waals surface area contributed by atoms with Gasteiger partial charge in [0.2, 0.25) is 0 Å². The van der Waals surface area contributed by atoms with E-state index >= 15 is 0 Å². The van der Waals surface area contributed by atoms with E-state index in [0.717, 1.165) is 32.1 Å². The van der Waals surface area contributed by atoms with Crippen molar-refractivity contribution < 1.29 is 24.0 Å². The first-order chi connectivity index (χ1) is 13.4. The van der Waals surface area contributed by atoms with Crippen molar-refractivity contribution in [1.29, 1.82) is 0 Å². The minimum atomic E-state index is -0.753. The number of ether oxygens (including phenoxy) is 2. The molecule has 28 heavy (non-hydrogen) atoms. The molecule has 1 aliphatic rings. The third kappa shape index (κ3) is 4.29. The standard InChI is InChI=1S/C19H23N3O6/c1-12(23)28-8-7-13-3-5-15(6-4-13)21-11-14-9-18(22(25)26)16(19(24)27-2)10-17(14)20-21/h9-11,13,15H,3-8H2,1-2H3. The zero-order valence-electron chi connectivity index (χ0n) is 15.9. The quantitative estimate of drug-likeness (QED) is 0.422. The Morgan fingerprint density at radius 2 is 2.00 bits per heavy atom. The smallest absolute Gasteiger partial charge is 0.344 e. The minimum absolute atomic E-state index is 0.0978. The van der Waals surface area contributed by atoms with E-state index < -0.39 is 10.9 Å². The second-order valence-corrected chi connectivity index (χ2v) is 7.09. The highest BCUT2D eigenvalue weighted by Crippen LogP contribution is 2.35. The van der Waals surface area contributed by atoms with E-state index in [-0.39, 0.29) is 23.3 Å². The molecule has 3 rings (SSSR count). The van der Waals surface area contributed by atoms with Gasteiger partial charge in [0, 0.05) is 24.6 Å². The molecule has 9 nitrogen and oxygen atoms in total. The van der Waals surface area contributed by atoms with Gasteiger partial charge in [-0.1, -0.05) is 0 Å². The normalized spacial score (nSPS) is 19.4. The predicted molar refractivity (Wildman–Crippen MR) is 100.0 cm³/mol. The van der Waals surface area contributed by atoms with Gasteiger partial charge in [-0.25, -0.2) is 4.79 Å². The molecule has 0 unspecified atom stereocenters. The number of nitro groups is 1. The van der Waals surface area contributed by atoms with Gasteiger partial charge in [0.1, 0.15) is 5.56 Å². The minimum Gasteiger partial charge on any atom is -0.466 e. The summed E-state index contributed by atoms with van der Waals surface area (Å²) in [6.07, 6.45) is 6.55. The van der Waals surface area contributed by atoms with Gasteiger partial charge in [-0.05, 0) is 44.1 Å². The summed E-state index contributed by atoms with van der Waals surface area (Å²) in [5, 5.41) is 16.5. The van der Waals surface area contributed by atoms with Crippen LogP contribution in [0.2, 0.25) is 0 Å². The van der Waals surface area contributed by atoms with Crippen molar-refractivity contribution in [3.05, 3.63) is 34.0 Å². The van der Waals surface area contributed by atoms with E-state index in [1.165, 1.54) is 26.2 Å². The summed E-state index contributed by atoms with van der Waals surface area (Å²) in [4.78, 5) is 33.4. The maximum atomic E-state index is 11.9. The Morgan fingerprint density at radius 1 is 1.29 bits per heavy atom. The number of carbonyl (C=O) groups excluding carboxylic acids is 2. The van der Waals surface area contributed by atoms with Gasteiger partial charge < -0.3 is 9.47 Å². The van der Waals surface area contributed by atoms with Gasteiger partial charge in [0.25, 0.3) is 5.69 Å². The fourth-order valence-electron chi connectivity index (χ4n) is 3.76. The van der Waals surface area contributed by atoms with Crippen molar-refractivity contribution >= 4 is 28.5 Å². The second kappa shape index (κ2) is 8.37. The van der Waals surface area contributed by atoms with Crippen molar-refractivity contribution in [1.82, 2.24) is 9.78 Å². The monoisotopic (exact) mass is 389 g/mol. The maximum absolute atomic E-state index is 11.9. The summed E-state index contributed by atoms with van der Waals surface area (Å²) in [6.45, 7) is 1.87. The third-order valence-electron chi connectivity index (χ3n) is 5.26. The second-order valence-electron chi connectivity index (χ2n) is 7.09. The number of esters is 2. The van der Waals surface area contributed by atoms with E-state index in [9.17, 15) is 19.7 Å². The fraction of sp³-hybridized carbons (Fsp3) is 0.526. The highest BCUT2D eigenvalue weighted by molar-refractivity contribution is 5.99. The van der Waals surface area contributed by atoms with Crippen LogP contribution in [-0.4, -0.2) is 40.4 Å². The van der Waals surface area contributed by atoms with Crippen molar-refractivity contribution in [2.24, 2.45) is 5.92 Å². The van der Waals surface area contributed by atoms with Crippen molar-refractivity contribution in [3.63, 3.8) is 0 Å². The Labute approximate surface area is 161 Å². The van der Waals surface area contributed by atoms with Gasteiger partial charge in [0.15, 0.2) is 0 Å².